The van der Waals surface area contributed by atoms with Gasteiger partial charge in [-0.15, -0.1) is 0 Å². The molecule has 2 atom stereocenters. The Balaban J connectivity index is 4.25. The van der Waals surface area contributed by atoms with E-state index in [9.17, 15) is 24.0 Å². The molecule has 0 heterocycles. The van der Waals surface area contributed by atoms with Crippen molar-refractivity contribution in [2.75, 3.05) is 13.2 Å². The molecule has 32 heavy (non-hydrogen) atoms. The van der Waals surface area contributed by atoms with Crippen molar-refractivity contribution in [3.05, 3.63) is 0 Å². The largest absolute Gasteiger partial charge is 0.481 e. The van der Waals surface area contributed by atoms with Gasteiger partial charge in [-0.05, 0) is 31.6 Å². The Morgan fingerprint density at radius 3 is 2.19 bits per heavy atom. The van der Waals surface area contributed by atoms with Crippen LogP contribution in [0.25, 0.3) is 0 Å². The molecule has 9 heteroatoms. The Kier molecular flexibility index (Phi) is 16.8. The van der Waals surface area contributed by atoms with Crippen LogP contribution in [-0.2, 0) is 28.7 Å². The number of ketones is 1. The lowest BCUT2D eigenvalue weighted by molar-refractivity contribution is -0.148. The SMILES string of the molecule is CCC(=O)CCC[C@H](NC(=O)CC)C(=O)NCCCCC(CC)COC(=O)CCC(=O)O. The van der Waals surface area contributed by atoms with Gasteiger partial charge in [0.1, 0.15) is 11.8 Å². The minimum Gasteiger partial charge on any atom is -0.481 e. The number of aliphatic carboxylic acids is 1. The summed E-state index contributed by atoms with van der Waals surface area (Å²) in [6.45, 7) is 6.27. The van der Waals surface area contributed by atoms with Crippen LogP contribution in [0.2, 0.25) is 0 Å². The van der Waals surface area contributed by atoms with Crippen LogP contribution in [-0.4, -0.2) is 53.8 Å². The fourth-order valence-corrected chi connectivity index (χ4v) is 3.04. The topological polar surface area (TPSA) is 139 Å². The van der Waals surface area contributed by atoms with E-state index in [0.29, 0.717) is 32.2 Å². The van der Waals surface area contributed by atoms with E-state index in [0.717, 1.165) is 25.7 Å². The zero-order chi connectivity index (χ0) is 24.4. The standard InChI is InChI=1S/C23H40N2O7/c1-4-17(16-32-22(30)14-13-21(28)29)10-7-8-15-24-23(31)19(25-20(27)6-3)12-9-11-18(26)5-2/h17,19H,4-16H2,1-3H3,(H,24,31)(H,25,27)(H,28,29)/t17?,19-/m0/s1. The number of carbonyl (C=O) groups is 5. The quantitative estimate of drug-likeness (QED) is 0.201. The van der Waals surface area contributed by atoms with Gasteiger partial charge in [0.15, 0.2) is 0 Å². The van der Waals surface area contributed by atoms with Gasteiger partial charge < -0.3 is 20.5 Å². The Labute approximate surface area is 191 Å². The minimum atomic E-state index is -1.03. The first kappa shape index (κ1) is 29.5. The van der Waals surface area contributed by atoms with Gasteiger partial charge in [-0.25, -0.2) is 0 Å². The molecule has 0 aromatic carbocycles. The van der Waals surface area contributed by atoms with Crippen LogP contribution >= 0.6 is 0 Å². The summed E-state index contributed by atoms with van der Waals surface area (Å²) < 4.78 is 5.15. The highest BCUT2D eigenvalue weighted by molar-refractivity contribution is 5.87. The molecule has 0 aliphatic rings. The molecule has 0 bridgehead atoms. The zero-order valence-corrected chi connectivity index (χ0v) is 19.7. The molecule has 0 radical (unpaired) electrons. The summed E-state index contributed by atoms with van der Waals surface area (Å²) in [4.78, 5) is 57.7. The molecule has 0 spiro atoms. The number of carboxylic acids is 1. The van der Waals surface area contributed by atoms with E-state index in [1.165, 1.54) is 0 Å². The number of unbranched alkanes of at least 4 members (excludes halogenated alkanes) is 1. The first-order chi connectivity index (χ1) is 15.2. The third-order valence-corrected chi connectivity index (χ3v) is 5.25. The number of hydrogen-bond acceptors (Lipinski definition) is 6. The lowest BCUT2D eigenvalue weighted by atomic mass is 10.00. The van der Waals surface area contributed by atoms with Crippen molar-refractivity contribution in [3.63, 3.8) is 0 Å². The first-order valence-electron chi connectivity index (χ1n) is 11.7. The number of nitrogens with one attached hydrogen (secondary N) is 2. The highest BCUT2D eigenvalue weighted by atomic mass is 16.5. The number of Topliss-reactive ketones (excluding diaryl/α,β-unsaturated/α-hetero) is 1. The molecule has 1 unspecified atom stereocenters. The van der Waals surface area contributed by atoms with Gasteiger partial charge in [-0.1, -0.05) is 33.6 Å². The minimum absolute atomic E-state index is 0.125. The maximum Gasteiger partial charge on any atom is 0.306 e. The summed E-state index contributed by atoms with van der Waals surface area (Å²) >= 11 is 0. The van der Waals surface area contributed by atoms with Crippen LogP contribution in [0.1, 0.15) is 91.4 Å². The van der Waals surface area contributed by atoms with Gasteiger partial charge in [-0.3, -0.25) is 24.0 Å². The Hall–Kier alpha value is -2.45. The second-order valence-electron chi connectivity index (χ2n) is 7.90. The molecule has 0 fully saturated rings. The van der Waals surface area contributed by atoms with Gasteiger partial charge in [0.05, 0.1) is 19.4 Å². The first-order valence-corrected chi connectivity index (χ1v) is 11.7. The van der Waals surface area contributed by atoms with Crippen molar-refractivity contribution < 1.29 is 33.8 Å². The zero-order valence-electron chi connectivity index (χ0n) is 19.7. The molecule has 0 saturated heterocycles. The second-order valence-corrected chi connectivity index (χ2v) is 7.90. The smallest absolute Gasteiger partial charge is 0.306 e. The second kappa shape index (κ2) is 18.2. The number of esters is 1. The Morgan fingerprint density at radius 1 is 0.875 bits per heavy atom. The molecule has 0 saturated carbocycles. The van der Waals surface area contributed by atoms with Crippen LogP contribution in [0.3, 0.4) is 0 Å². The van der Waals surface area contributed by atoms with E-state index in [1.807, 2.05) is 6.92 Å². The third kappa shape index (κ3) is 15.4. The number of carboxylic acid groups (broad SMARTS) is 1. The predicted molar refractivity (Wildman–Crippen MR) is 120 cm³/mol. The molecule has 0 aliphatic heterocycles. The molecule has 0 aliphatic carbocycles. The van der Waals surface area contributed by atoms with Gasteiger partial charge in [0.2, 0.25) is 11.8 Å². The normalized spacial score (nSPS) is 12.5. The highest BCUT2D eigenvalue weighted by Crippen LogP contribution is 2.13. The molecule has 3 N–H and O–H groups in total. The molecule has 0 aromatic heterocycles. The van der Waals surface area contributed by atoms with Crippen molar-refractivity contribution in [1.82, 2.24) is 10.6 Å². The summed E-state index contributed by atoms with van der Waals surface area (Å²) in [7, 11) is 0. The summed E-state index contributed by atoms with van der Waals surface area (Å²) in [6.07, 6.45) is 5.03. The monoisotopic (exact) mass is 456 g/mol. The van der Waals surface area contributed by atoms with Crippen LogP contribution in [0.15, 0.2) is 0 Å². The maximum atomic E-state index is 12.5. The number of carbonyl (C=O) groups excluding carboxylic acids is 4. The van der Waals surface area contributed by atoms with E-state index >= 15 is 0 Å². The molecular weight excluding hydrogens is 416 g/mol. The van der Waals surface area contributed by atoms with E-state index in [4.69, 9.17) is 9.84 Å². The summed E-state index contributed by atoms with van der Waals surface area (Å²) in [5.41, 5.74) is 0. The van der Waals surface area contributed by atoms with Gasteiger partial charge in [-0.2, -0.15) is 0 Å². The third-order valence-electron chi connectivity index (χ3n) is 5.25. The van der Waals surface area contributed by atoms with Crippen molar-refractivity contribution >= 4 is 29.5 Å². The Morgan fingerprint density at radius 2 is 1.59 bits per heavy atom. The number of hydrogen-bond donors (Lipinski definition) is 3. The van der Waals surface area contributed by atoms with Crippen LogP contribution in [0.5, 0.6) is 0 Å². The van der Waals surface area contributed by atoms with Crippen molar-refractivity contribution in [2.45, 2.75) is 97.4 Å². The fourth-order valence-electron chi connectivity index (χ4n) is 3.04. The van der Waals surface area contributed by atoms with E-state index in [2.05, 4.69) is 10.6 Å². The fraction of sp³-hybridized carbons (Fsp3) is 0.783. The predicted octanol–water partition coefficient (Wildman–Crippen LogP) is 2.75. The molecule has 0 rings (SSSR count). The molecular formula is C23H40N2O7. The van der Waals surface area contributed by atoms with Gasteiger partial charge >= 0.3 is 11.9 Å². The Bertz CT molecular complexity index is 607. The summed E-state index contributed by atoms with van der Waals surface area (Å²) in [5, 5.41) is 14.2. The summed E-state index contributed by atoms with van der Waals surface area (Å²) in [6, 6.07) is -0.638. The average molecular weight is 457 g/mol. The summed E-state index contributed by atoms with van der Waals surface area (Å²) in [5.74, 6) is -1.64. The van der Waals surface area contributed by atoms with E-state index in [1.54, 1.807) is 13.8 Å². The maximum absolute atomic E-state index is 12.5. The van der Waals surface area contributed by atoms with Crippen LogP contribution < -0.4 is 10.6 Å². The number of amides is 2. The lowest BCUT2D eigenvalue weighted by Crippen LogP contribution is -2.46. The highest BCUT2D eigenvalue weighted by Gasteiger charge is 2.20. The van der Waals surface area contributed by atoms with Crippen LogP contribution in [0, 0.1) is 5.92 Å². The van der Waals surface area contributed by atoms with Crippen molar-refractivity contribution in [2.24, 2.45) is 5.92 Å². The average Bonchev–Trinajstić information content (AvgIpc) is 2.77. The molecule has 9 nitrogen and oxygen atoms in total. The lowest BCUT2D eigenvalue weighted by Gasteiger charge is -2.18. The molecule has 0 aromatic rings. The van der Waals surface area contributed by atoms with Gasteiger partial charge in [0.25, 0.3) is 0 Å². The number of rotatable bonds is 19. The molecule has 184 valence electrons. The molecule has 2 amide bonds. The van der Waals surface area contributed by atoms with E-state index < -0.39 is 18.0 Å². The number of ether oxygens (including phenoxy) is 1. The van der Waals surface area contributed by atoms with Crippen molar-refractivity contribution in [1.29, 1.82) is 0 Å². The van der Waals surface area contributed by atoms with Gasteiger partial charge in [0, 0.05) is 25.8 Å². The van der Waals surface area contributed by atoms with Crippen molar-refractivity contribution in [3.8, 4) is 0 Å². The van der Waals surface area contributed by atoms with E-state index in [-0.39, 0.29) is 49.4 Å². The van der Waals surface area contributed by atoms with Crippen LogP contribution in [0.4, 0.5) is 0 Å².